The van der Waals surface area contributed by atoms with Gasteiger partial charge in [-0.15, -0.1) is 11.6 Å². The Morgan fingerprint density at radius 1 is 0.857 bits per heavy atom. The zero-order chi connectivity index (χ0) is 15.1. The molecule has 0 spiro atoms. The molecular weight excluding hydrogens is 280 g/mol. The second-order valence-electron chi connectivity index (χ2n) is 4.69. The molecule has 0 aliphatic heterocycles. The van der Waals surface area contributed by atoms with Crippen LogP contribution in [0.4, 0.5) is 0 Å². The summed E-state index contributed by atoms with van der Waals surface area (Å²) in [7, 11) is 0. The van der Waals surface area contributed by atoms with Crippen molar-refractivity contribution in [2.24, 2.45) is 0 Å². The summed E-state index contributed by atoms with van der Waals surface area (Å²) in [5.41, 5.74) is 1.98. The van der Waals surface area contributed by atoms with Crippen LogP contribution in [0.25, 0.3) is 10.8 Å². The van der Waals surface area contributed by atoms with Crippen LogP contribution in [-0.2, 0) is 5.88 Å². The Morgan fingerprint density at radius 2 is 1.48 bits per heavy atom. The van der Waals surface area contributed by atoms with Crippen LogP contribution in [-0.4, -0.2) is 5.78 Å². The number of benzene rings is 3. The third kappa shape index (κ3) is 4.17. The molecule has 0 aliphatic rings. The van der Waals surface area contributed by atoms with E-state index in [4.69, 9.17) is 11.6 Å². The summed E-state index contributed by atoms with van der Waals surface area (Å²) in [5, 5.41) is 2.52. The Hall–Kier alpha value is -2.12. The number of rotatable bonds is 2. The number of carbonyl (C=O) groups is 1. The summed E-state index contributed by atoms with van der Waals surface area (Å²) in [4.78, 5) is 10.6. The van der Waals surface area contributed by atoms with Crippen molar-refractivity contribution in [2.75, 3.05) is 0 Å². The van der Waals surface area contributed by atoms with Crippen LogP contribution in [0, 0.1) is 0 Å². The fraction of sp³-hybridized carbons (Fsp3) is 0.105. The smallest absolute Gasteiger partial charge is 0.159 e. The van der Waals surface area contributed by atoms with Gasteiger partial charge in [0.1, 0.15) is 0 Å². The van der Waals surface area contributed by atoms with Gasteiger partial charge in [-0.2, -0.15) is 0 Å². The van der Waals surface area contributed by atoms with E-state index >= 15 is 0 Å². The van der Waals surface area contributed by atoms with E-state index in [1.807, 2.05) is 48.5 Å². The number of Topliss-reactive ketones (excluding diaryl/α,β-unsaturated/α-hetero) is 1. The standard InChI is InChI=1S/C11H9Cl.C8H8O/c12-8-10-6-3-5-9-4-1-2-7-11(9)10;1-7(9)8-5-3-2-4-6-8/h1-7H,8H2;2-6H,1H3. The number of halogens is 1. The van der Waals surface area contributed by atoms with Gasteiger partial charge in [-0.3, -0.25) is 4.79 Å². The molecule has 0 atom stereocenters. The molecule has 0 saturated carbocycles. The van der Waals surface area contributed by atoms with Crippen molar-refractivity contribution >= 4 is 28.2 Å². The number of hydrogen-bond acceptors (Lipinski definition) is 1. The van der Waals surface area contributed by atoms with Crippen molar-refractivity contribution in [1.29, 1.82) is 0 Å². The normalized spacial score (nSPS) is 9.81. The molecule has 0 saturated heterocycles. The topological polar surface area (TPSA) is 17.1 Å². The minimum absolute atomic E-state index is 0.121. The van der Waals surface area contributed by atoms with Gasteiger partial charge in [0.2, 0.25) is 0 Å². The minimum atomic E-state index is 0.121. The van der Waals surface area contributed by atoms with Crippen molar-refractivity contribution < 1.29 is 4.79 Å². The summed E-state index contributed by atoms with van der Waals surface area (Å²) in [5.74, 6) is 0.706. The second kappa shape index (κ2) is 7.61. The van der Waals surface area contributed by atoms with Crippen molar-refractivity contribution in [3.05, 3.63) is 83.9 Å². The van der Waals surface area contributed by atoms with Crippen LogP contribution in [0.2, 0.25) is 0 Å². The van der Waals surface area contributed by atoms with Crippen LogP contribution >= 0.6 is 11.6 Å². The molecule has 21 heavy (non-hydrogen) atoms. The summed E-state index contributed by atoms with van der Waals surface area (Å²) < 4.78 is 0. The molecule has 0 aliphatic carbocycles. The first-order valence-electron chi connectivity index (χ1n) is 6.81. The molecule has 3 rings (SSSR count). The van der Waals surface area contributed by atoms with E-state index in [-0.39, 0.29) is 5.78 Å². The van der Waals surface area contributed by atoms with Gasteiger partial charge in [0, 0.05) is 11.4 Å². The third-order valence-corrected chi connectivity index (χ3v) is 3.49. The van der Waals surface area contributed by atoms with E-state index in [0.29, 0.717) is 5.88 Å². The Labute approximate surface area is 130 Å². The Balaban J connectivity index is 0.000000161. The average molecular weight is 297 g/mol. The van der Waals surface area contributed by atoms with E-state index in [2.05, 4.69) is 24.3 Å². The van der Waals surface area contributed by atoms with Crippen LogP contribution < -0.4 is 0 Å². The number of carbonyl (C=O) groups excluding carboxylic acids is 1. The van der Waals surface area contributed by atoms with Gasteiger partial charge >= 0.3 is 0 Å². The predicted octanol–water partition coefficient (Wildman–Crippen LogP) is 5.47. The average Bonchev–Trinajstić information content (AvgIpc) is 2.55. The molecule has 0 radical (unpaired) electrons. The zero-order valence-corrected chi connectivity index (χ0v) is 12.7. The van der Waals surface area contributed by atoms with Gasteiger partial charge in [-0.1, -0.05) is 72.8 Å². The first kappa shape index (κ1) is 15.3. The minimum Gasteiger partial charge on any atom is -0.295 e. The molecule has 0 heterocycles. The maximum atomic E-state index is 10.6. The Bertz CT molecular complexity index is 714. The Kier molecular flexibility index (Phi) is 5.53. The maximum Gasteiger partial charge on any atom is 0.159 e. The van der Waals surface area contributed by atoms with Gasteiger partial charge in [0.25, 0.3) is 0 Å². The molecule has 106 valence electrons. The SMILES string of the molecule is CC(=O)c1ccccc1.ClCc1cccc2ccccc12. The molecule has 0 bridgehead atoms. The first-order valence-corrected chi connectivity index (χ1v) is 7.34. The quantitative estimate of drug-likeness (QED) is 0.453. The fourth-order valence-corrected chi connectivity index (χ4v) is 2.31. The highest BCUT2D eigenvalue weighted by atomic mass is 35.5. The van der Waals surface area contributed by atoms with Gasteiger partial charge in [-0.25, -0.2) is 0 Å². The van der Waals surface area contributed by atoms with E-state index in [1.165, 1.54) is 16.3 Å². The van der Waals surface area contributed by atoms with Crippen LogP contribution in [0.15, 0.2) is 72.8 Å². The predicted molar refractivity (Wildman–Crippen MR) is 90.0 cm³/mol. The van der Waals surface area contributed by atoms with Gasteiger partial charge in [0.05, 0.1) is 0 Å². The molecule has 0 aromatic heterocycles. The largest absolute Gasteiger partial charge is 0.295 e. The van der Waals surface area contributed by atoms with E-state index in [0.717, 1.165) is 5.56 Å². The number of alkyl halides is 1. The lowest BCUT2D eigenvalue weighted by atomic mass is 10.1. The van der Waals surface area contributed by atoms with E-state index in [9.17, 15) is 4.79 Å². The molecule has 2 heteroatoms. The summed E-state index contributed by atoms with van der Waals surface area (Å²) in [6, 6.07) is 23.7. The molecule has 1 nitrogen and oxygen atoms in total. The van der Waals surface area contributed by atoms with Crippen molar-refractivity contribution in [3.8, 4) is 0 Å². The lowest BCUT2D eigenvalue weighted by Crippen LogP contribution is -1.88. The maximum absolute atomic E-state index is 10.6. The van der Waals surface area contributed by atoms with Gasteiger partial charge < -0.3 is 0 Å². The van der Waals surface area contributed by atoms with E-state index < -0.39 is 0 Å². The molecule has 0 N–H and O–H groups in total. The monoisotopic (exact) mass is 296 g/mol. The summed E-state index contributed by atoms with van der Waals surface area (Å²) >= 11 is 5.81. The van der Waals surface area contributed by atoms with Crippen LogP contribution in [0.3, 0.4) is 0 Å². The first-order chi connectivity index (χ1) is 10.2. The lowest BCUT2D eigenvalue weighted by molar-refractivity contribution is 0.101. The zero-order valence-electron chi connectivity index (χ0n) is 11.9. The molecule has 0 unspecified atom stereocenters. The molecule has 3 aromatic rings. The highest BCUT2D eigenvalue weighted by Gasteiger charge is 1.96. The fourth-order valence-electron chi connectivity index (χ4n) is 2.08. The Morgan fingerprint density at radius 3 is 2.10 bits per heavy atom. The van der Waals surface area contributed by atoms with Gasteiger partial charge in [0.15, 0.2) is 5.78 Å². The molecular formula is C19H17ClO. The highest BCUT2D eigenvalue weighted by molar-refractivity contribution is 6.18. The highest BCUT2D eigenvalue weighted by Crippen LogP contribution is 2.19. The van der Waals surface area contributed by atoms with Crippen LogP contribution in [0.5, 0.6) is 0 Å². The van der Waals surface area contributed by atoms with Crippen molar-refractivity contribution in [1.82, 2.24) is 0 Å². The van der Waals surface area contributed by atoms with Gasteiger partial charge in [-0.05, 0) is 23.3 Å². The summed E-state index contributed by atoms with van der Waals surface area (Å²) in [6.07, 6.45) is 0. The molecule has 3 aromatic carbocycles. The second-order valence-corrected chi connectivity index (χ2v) is 4.96. The van der Waals surface area contributed by atoms with Crippen LogP contribution in [0.1, 0.15) is 22.8 Å². The number of hydrogen-bond donors (Lipinski definition) is 0. The molecule has 0 amide bonds. The molecule has 0 fully saturated rings. The lowest BCUT2D eigenvalue weighted by Gasteiger charge is -2.01. The summed E-state index contributed by atoms with van der Waals surface area (Å²) in [6.45, 7) is 1.56. The van der Waals surface area contributed by atoms with Crippen molar-refractivity contribution in [3.63, 3.8) is 0 Å². The number of fused-ring (bicyclic) bond motifs is 1. The number of ketones is 1. The van der Waals surface area contributed by atoms with Crippen molar-refractivity contribution in [2.45, 2.75) is 12.8 Å². The van der Waals surface area contributed by atoms with E-state index in [1.54, 1.807) is 6.92 Å². The third-order valence-electron chi connectivity index (χ3n) is 3.20.